The molecule has 10 heteroatoms. The summed E-state index contributed by atoms with van der Waals surface area (Å²) in [5, 5.41) is 1.65. The third-order valence-electron chi connectivity index (χ3n) is 5.52. The summed E-state index contributed by atoms with van der Waals surface area (Å²) < 4.78 is 38.3. The fourth-order valence-corrected chi connectivity index (χ4v) is 3.32. The number of likely N-dealkylation sites (N-methyl/N-ethyl adjacent to an activating group) is 2. The number of carbonyl (C=O) groups excluding carboxylic acids is 1. The van der Waals surface area contributed by atoms with Gasteiger partial charge in [-0.1, -0.05) is 31.2 Å². The van der Waals surface area contributed by atoms with Crippen LogP contribution >= 0.6 is 0 Å². The molecule has 1 aromatic carbocycles. The number of aliphatic imine (C=N–C) groups is 2. The highest BCUT2D eigenvalue weighted by atomic mass is 19.4. The molecule has 1 aromatic heterocycles. The summed E-state index contributed by atoms with van der Waals surface area (Å²) in [4.78, 5) is 30.7. The fraction of sp³-hybridized carbons (Fsp3) is 0.417. The maximum absolute atomic E-state index is 13.5. The van der Waals surface area contributed by atoms with E-state index in [-0.39, 0.29) is 17.9 Å². The summed E-state index contributed by atoms with van der Waals surface area (Å²) >= 11 is 0. The Hall–Kier alpha value is -3.43. The molecule has 0 unspecified atom stereocenters. The topological polar surface area (TPSA) is 64.4 Å². The molecule has 0 N–H and O–H groups in total. The highest BCUT2D eigenvalue weighted by Gasteiger charge is 2.30. The fourth-order valence-electron chi connectivity index (χ4n) is 3.32. The lowest BCUT2D eigenvalue weighted by molar-refractivity contribution is -0.0914. The van der Waals surface area contributed by atoms with E-state index in [1.165, 1.54) is 0 Å². The Morgan fingerprint density at radius 2 is 1.85 bits per heavy atom. The number of pyridine rings is 1. The van der Waals surface area contributed by atoms with E-state index in [2.05, 4.69) is 21.7 Å². The van der Waals surface area contributed by atoms with Crippen LogP contribution in [-0.2, 0) is 0 Å². The zero-order valence-corrected chi connectivity index (χ0v) is 20.4. The van der Waals surface area contributed by atoms with Crippen LogP contribution < -0.4 is 4.90 Å². The number of fused-ring (bicyclic) bond motifs is 1. The third kappa shape index (κ3) is 6.33. The third-order valence-corrected chi connectivity index (χ3v) is 5.52. The number of benzene rings is 1. The molecule has 2 rings (SSSR count). The SMILES string of the molecule is C=N/C(=N\C=C(/C)C(F)(F)F)N(C)C[C@H](CC)N(C)C(=O)c1nc(N(C)C)cc2ccccc12. The first kappa shape index (κ1) is 26.8. The molecule has 1 heterocycles. The predicted molar refractivity (Wildman–Crippen MR) is 132 cm³/mol. The number of hydrogen-bond acceptors (Lipinski definition) is 4. The number of hydrogen-bond donors (Lipinski definition) is 0. The molecule has 2 aromatic rings. The Kier molecular flexibility index (Phi) is 8.78. The van der Waals surface area contributed by atoms with Gasteiger partial charge >= 0.3 is 6.18 Å². The van der Waals surface area contributed by atoms with E-state index >= 15 is 0 Å². The van der Waals surface area contributed by atoms with Gasteiger partial charge in [0.25, 0.3) is 5.91 Å². The molecule has 1 amide bonds. The number of nitrogens with zero attached hydrogens (tertiary/aromatic N) is 6. The summed E-state index contributed by atoms with van der Waals surface area (Å²) in [6.45, 7) is 6.57. The largest absolute Gasteiger partial charge is 0.413 e. The molecule has 34 heavy (non-hydrogen) atoms. The second-order valence-electron chi connectivity index (χ2n) is 8.20. The average Bonchev–Trinajstić information content (AvgIpc) is 2.80. The maximum Gasteiger partial charge on any atom is 0.413 e. The number of alkyl halides is 3. The van der Waals surface area contributed by atoms with Crippen molar-refractivity contribution in [2.75, 3.05) is 39.6 Å². The van der Waals surface area contributed by atoms with E-state index in [0.717, 1.165) is 23.9 Å². The van der Waals surface area contributed by atoms with Crippen molar-refractivity contribution < 1.29 is 18.0 Å². The monoisotopic (exact) mass is 476 g/mol. The summed E-state index contributed by atoms with van der Waals surface area (Å²) in [6, 6.07) is 9.20. The van der Waals surface area contributed by atoms with Gasteiger partial charge in [-0.15, -0.1) is 0 Å². The molecular weight excluding hydrogens is 445 g/mol. The number of guanidine groups is 1. The first-order valence-corrected chi connectivity index (χ1v) is 10.7. The van der Waals surface area contributed by atoms with E-state index in [4.69, 9.17) is 0 Å². The minimum Gasteiger partial charge on any atom is -0.363 e. The lowest BCUT2D eigenvalue weighted by Gasteiger charge is -2.31. The Labute approximate surface area is 198 Å². The van der Waals surface area contributed by atoms with Gasteiger partial charge in [0.1, 0.15) is 11.5 Å². The summed E-state index contributed by atoms with van der Waals surface area (Å²) in [6.07, 6.45) is -3.15. The Morgan fingerprint density at radius 1 is 1.21 bits per heavy atom. The summed E-state index contributed by atoms with van der Waals surface area (Å²) in [7, 11) is 7.05. The van der Waals surface area contributed by atoms with Crippen LogP contribution in [0.1, 0.15) is 30.8 Å². The number of amides is 1. The number of rotatable bonds is 7. The van der Waals surface area contributed by atoms with Gasteiger partial charge in [0, 0.05) is 57.9 Å². The molecule has 0 radical (unpaired) electrons. The van der Waals surface area contributed by atoms with Crippen LogP contribution in [0.5, 0.6) is 0 Å². The number of carbonyl (C=O) groups is 1. The van der Waals surface area contributed by atoms with Gasteiger partial charge < -0.3 is 14.7 Å². The number of aromatic nitrogens is 1. The van der Waals surface area contributed by atoms with Gasteiger partial charge in [-0.2, -0.15) is 13.2 Å². The minimum absolute atomic E-state index is 0.0288. The van der Waals surface area contributed by atoms with Crippen molar-refractivity contribution in [1.82, 2.24) is 14.8 Å². The highest BCUT2D eigenvalue weighted by Crippen LogP contribution is 2.25. The van der Waals surface area contributed by atoms with Gasteiger partial charge in [-0.05, 0) is 31.5 Å². The smallest absolute Gasteiger partial charge is 0.363 e. The van der Waals surface area contributed by atoms with Crippen molar-refractivity contribution in [3.63, 3.8) is 0 Å². The molecule has 0 bridgehead atoms. The number of halogens is 3. The molecule has 0 aliphatic rings. The van der Waals surface area contributed by atoms with Crippen molar-refractivity contribution in [3.8, 4) is 0 Å². The van der Waals surface area contributed by atoms with E-state index in [9.17, 15) is 18.0 Å². The molecule has 0 saturated carbocycles. The number of anilines is 1. The first-order chi connectivity index (χ1) is 15.9. The van der Waals surface area contributed by atoms with E-state index in [0.29, 0.717) is 24.5 Å². The quantitative estimate of drug-likeness (QED) is 0.433. The van der Waals surface area contributed by atoms with Crippen LogP contribution in [0.3, 0.4) is 0 Å². The summed E-state index contributed by atoms with van der Waals surface area (Å²) in [5.74, 6) is 0.441. The molecule has 1 atom stereocenters. The van der Waals surface area contributed by atoms with Crippen molar-refractivity contribution in [3.05, 3.63) is 47.8 Å². The van der Waals surface area contributed by atoms with Crippen LogP contribution in [-0.4, -0.2) is 80.3 Å². The number of allylic oxidation sites excluding steroid dienone is 1. The Bertz CT molecular complexity index is 1090. The van der Waals surface area contributed by atoms with Crippen LogP contribution in [0.2, 0.25) is 0 Å². The zero-order chi connectivity index (χ0) is 25.6. The summed E-state index contributed by atoms with van der Waals surface area (Å²) in [5.41, 5.74) is -0.509. The van der Waals surface area contributed by atoms with Crippen LogP contribution in [0.4, 0.5) is 19.0 Å². The average molecular weight is 477 g/mol. The van der Waals surface area contributed by atoms with Crippen molar-refractivity contribution in [2.45, 2.75) is 32.5 Å². The Morgan fingerprint density at radius 3 is 2.41 bits per heavy atom. The minimum atomic E-state index is -4.47. The molecule has 0 aliphatic heterocycles. The second kappa shape index (κ2) is 11.1. The van der Waals surface area contributed by atoms with Crippen molar-refractivity contribution in [2.24, 2.45) is 9.98 Å². The molecular formula is C24H31F3N6O. The highest BCUT2D eigenvalue weighted by molar-refractivity contribution is 6.06. The molecule has 0 fully saturated rings. The normalized spacial score (nSPS) is 13.6. The Balaban J connectivity index is 2.33. The van der Waals surface area contributed by atoms with Gasteiger partial charge in [-0.3, -0.25) is 4.79 Å². The van der Waals surface area contributed by atoms with Crippen LogP contribution in [0.15, 0.2) is 52.1 Å². The van der Waals surface area contributed by atoms with Gasteiger partial charge in [0.2, 0.25) is 5.96 Å². The standard InChI is InChI=1S/C24H31F3N6O/c1-8-18(15-32(6)23(28-3)29-14-16(2)24(25,26)27)33(7)22(34)21-19-12-10-9-11-17(19)13-20(30-21)31(4)5/h9-14,18H,3,8,15H2,1-2,4-7H3/b16-14+,29-23+/t18-/m0/s1. The zero-order valence-electron chi connectivity index (χ0n) is 20.4. The van der Waals surface area contributed by atoms with E-state index in [1.807, 2.05) is 56.3 Å². The van der Waals surface area contributed by atoms with Gasteiger partial charge in [-0.25, -0.2) is 15.0 Å². The molecule has 7 nitrogen and oxygen atoms in total. The molecule has 0 aliphatic carbocycles. The first-order valence-electron chi connectivity index (χ1n) is 10.7. The van der Waals surface area contributed by atoms with Crippen LogP contribution in [0, 0.1) is 0 Å². The van der Waals surface area contributed by atoms with Crippen molar-refractivity contribution >= 4 is 35.2 Å². The van der Waals surface area contributed by atoms with Crippen LogP contribution in [0.25, 0.3) is 10.8 Å². The molecule has 0 spiro atoms. The van der Waals surface area contributed by atoms with E-state index < -0.39 is 11.7 Å². The van der Waals surface area contributed by atoms with E-state index in [1.54, 1.807) is 23.9 Å². The molecule has 184 valence electrons. The lowest BCUT2D eigenvalue weighted by atomic mass is 10.1. The van der Waals surface area contributed by atoms with Gasteiger partial charge in [0.15, 0.2) is 0 Å². The maximum atomic E-state index is 13.5. The van der Waals surface area contributed by atoms with Gasteiger partial charge in [0.05, 0.1) is 0 Å². The molecule has 0 saturated heterocycles. The van der Waals surface area contributed by atoms with Crippen molar-refractivity contribution in [1.29, 1.82) is 0 Å². The second-order valence-corrected chi connectivity index (χ2v) is 8.20. The predicted octanol–water partition coefficient (Wildman–Crippen LogP) is 4.61. The lowest BCUT2D eigenvalue weighted by Crippen LogP contribution is -2.45.